The number of hydrazone groups is 1. The van der Waals surface area contributed by atoms with Crippen molar-refractivity contribution in [2.45, 2.75) is 19.3 Å². The number of rotatable bonds is 5. The molecule has 0 bridgehead atoms. The van der Waals surface area contributed by atoms with Gasteiger partial charge < -0.3 is 0 Å². The molecule has 0 saturated heterocycles. The number of nitrogens with zero attached hydrogens (tertiary/aromatic N) is 1. The molecule has 0 saturated carbocycles. The molecule has 3 nitrogen and oxygen atoms in total. The van der Waals surface area contributed by atoms with Crippen LogP contribution in [0.15, 0.2) is 65.1 Å². The van der Waals surface area contributed by atoms with Gasteiger partial charge in [-0.25, -0.2) is 5.43 Å². The van der Waals surface area contributed by atoms with Crippen LogP contribution in [0, 0.1) is 0 Å². The van der Waals surface area contributed by atoms with E-state index in [9.17, 15) is 4.79 Å². The van der Waals surface area contributed by atoms with Gasteiger partial charge >= 0.3 is 0 Å². The summed E-state index contributed by atoms with van der Waals surface area (Å²) in [4.78, 5) is 12.2. The summed E-state index contributed by atoms with van der Waals surface area (Å²) >= 11 is 1.57. The lowest BCUT2D eigenvalue weighted by atomic mass is 9.99. The second-order valence-electron chi connectivity index (χ2n) is 5.45. The minimum atomic E-state index is -0.161. The van der Waals surface area contributed by atoms with Gasteiger partial charge in [0.1, 0.15) is 0 Å². The lowest BCUT2D eigenvalue weighted by Gasteiger charge is -2.07. The summed E-state index contributed by atoms with van der Waals surface area (Å²) in [5.74, 6) is 0.213. The Morgan fingerprint density at radius 3 is 2.74 bits per heavy atom. The topological polar surface area (TPSA) is 41.5 Å². The fourth-order valence-electron chi connectivity index (χ4n) is 2.45. The summed E-state index contributed by atoms with van der Waals surface area (Å²) in [6, 6.07) is 18.2. The first-order valence-corrected chi connectivity index (χ1v) is 8.46. The molecular formula is C19H18N2OS. The highest BCUT2D eigenvalue weighted by Crippen LogP contribution is 2.25. The van der Waals surface area contributed by atoms with E-state index >= 15 is 0 Å². The molecule has 0 aliphatic carbocycles. The van der Waals surface area contributed by atoms with Gasteiger partial charge in [0.05, 0.1) is 5.56 Å². The van der Waals surface area contributed by atoms with Crippen molar-refractivity contribution < 1.29 is 4.79 Å². The van der Waals surface area contributed by atoms with Gasteiger partial charge in [-0.2, -0.15) is 5.10 Å². The van der Waals surface area contributed by atoms with Crippen LogP contribution >= 0.6 is 11.3 Å². The van der Waals surface area contributed by atoms with Gasteiger partial charge in [-0.15, -0.1) is 11.3 Å². The molecule has 4 heteroatoms. The molecule has 0 fully saturated rings. The first-order chi connectivity index (χ1) is 11.3. The van der Waals surface area contributed by atoms with Crippen LogP contribution in [0.4, 0.5) is 0 Å². The third kappa shape index (κ3) is 3.66. The van der Waals surface area contributed by atoms with Crippen molar-refractivity contribution in [1.29, 1.82) is 0 Å². The molecule has 116 valence electrons. The van der Waals surface area contributed by atoms with Gasteiger partial charge in [0, 0.05) is 21.7 Å². The quantitative estimate of drug-likeness (QED) is 0.531. The van der Waals surface area contributed by atoms with E-state index in [1.165, 1.54) is 5.56 Å². The summed E-state index contributed by atoms with van der Waals surface area (Å²) in [5.41, 5.74) is 4.57. The molecule has 0 spiro atoms. The Bertz CT molecular complexity index is 824. The average molecular weight is 322 g/mol. The predicted octanol–water partition coefficient (Wildman–Crippen LogP) is 4.81. The van der Waals surface area contributed by atoms with Gasteiger partial charge in [0.2, 0.25) is 0 Å². The number of nitrogens with one attached hydrogen (secondary N) is 1. The Morgan fingerprint density at radius 1 is 1.17 bits per heavy atom. The van der Waals surface area contributed by atoms with Gasteiger partial charge in [-0.3, -0.25) is 4.79 Å². The molecule has 0 radical (unpaired) electrons. The van der Waals surface area contributed by atoms with Crippen molar-refractivity contribution in [3.05, 3.63) is 71.1 Å². The van der Waals surface area contributed by atoms with Crippen LogP contribution in [-0.2, 0) is 0 Å². The normalized spacial score (nSPS) is 12.6. The summed E-state index contributed by atoms with van der Waals surface area (Å²) in [5, 5.41) is 6.93. The van der Waals surface area contributed by atoms with Crippen LogP contribution in [0.25, 0.3) is 10.1 Å². The van der Waals surface area contributed by atoms with E-state index in [4.69, 9.17) is 0 Å². The molecule has 1 aromatic heterocycles. The van der Waals surface area contributed by atoms with Gasteiger partial charge in [0.15, 0.2) is 0 Å². The van der Waals surface area contributed by atoms with E-state index in [2.05, 4.69) is 29.6 Å². The first-order valence-electron chi connectivity index (χ1n) is 7.58. The number of hydrogen-bond donors (Lipinski definition) is 1. The minimum absolute atomic E-state index is 0.161. The molecule has 23 heavy (non-hydrogen) atoms. The summed E-state index contributed by atoms with van der Waals surface area (Å²) in [6.07, 6.45) is 2.55. The molecule has 0 unspecified atom stereocenters. The summed E-state index contributed by atoms with van der Waals surface area (Å²) < 4.78 is 1.11. The largest absolute Gasteiger partial charge is 0.272 e. The number of carbonyl (C=O) groups is 1. The Labute approximate surface area is 139 Å². The number of hydrogen-bond acceptors (Lipinski definition) is 3. The van der Waals surface area contributed by atoms with E-state index in [1.807, 2.05) is 47.8 Å². The van der Waals surface area contributed by atoms with Crippen molar-refractivity contribution in [1.82, 2.24) is 5.43 Å². The van der Waals surface area contributed by atoms with Crippen molar-refractivity contribution in [2.75, 3.05) is 0 Å². The third-order valence-electron chi connectivity index (χ3n) is 3.81. The lowest BCUT2D eigenvalue weighted by Crippen LogP contribution is -2.17. The van der Waals surface area contributed by atoms with E-state index in [0.717, 1.165) is 16.5 Å². The van der Waals surface area contributed by atoms with Crippen LogP contribution in [0.5, 0.6) is 0 Å². The predicted molar refractivity (Wildman–Crippen MR) is 97.3 cm³/mol. The molecule has 1 atom stereocenters. The number of benzene rings is 2. The number of amides is 1. The Hall–Kier alpha value is -2.46. The highest BCUT2D eigenvalue weighted by atomic mass is 32.1. The maximum absolute atomic E-state index is 12.2. The smallest absolute Gasteiger partial charge is 0.267 e. The second-order valence-corrected chi connectivity index (χ2v) is 6.36. The van der Waals surface area contributed by atoms with Gasteiger partial charge in [-0.05, 0) is 24.0 Å². The molecule has 1 heterocycles. The third-order valence-corrected chi connectivity index (χ3v) is 4.77. The molecule has 0 aliphatic heterocycles. The second kappa shape index (κ2) is 7.20. The van der Waals surface area contributed by atoms with E-state index in [1.54, 1.807) is 17.6 Å². The van der Waals surface area contributed by atoms with Crippen molar-refractivity contribution >= 4 is 33.5 Å². The van der Waals surface area contributed by atoms with Crippen molar-refractivity contribution in [2.24, 2.45) is 5.10 Å². The molecular weight excluding hydrogens is 304 g/mol. The SMILES string of the molecule is C[C@@H](CC=NNC(=O)c1csc2ccccc12)c1ccccc1. The Morgan fingerprint density at radius 2 is 1.91 bits per heavy atom. The maximum Gasteiger partial charge on any atom is 0.272 e. The molecule has 2 aromatic carbocycles. The zero-order valence-electron chi connectivity index (χ0n) is 12.9. The van der Waals surface area contributed by atoms with Crippen LogP contribution in [0.2, 0.25) is 0 Å². The molecule has 1 amide bonds. The first kappa shape index (κ1) is 15.4. The monoisotopic (exact) mass is 322 g/mol. The lowest BCUT2D eigenvalue weighted by molar-refractivity contribution is 0.0957. The standard InChI is InChI=1S/C19H18N2OS/c1-14(15-7-3-2-4-8-15)11-12-20-21-19(22)17-13-23-18-10-6-5-9-16(17)18/h2-10,12-14H,11H2,1H3,(H,21,22)/t14-/m0/s1. The maximum atomic E-state index is 12.2. The fourth-order valence-corrected chi connectivity index (χ4v) is 3.39. The van der Waals surface area contributed by atoms with Crippen LogP contribution in [0.1, 0.15) is 35.2 Å². The van der Waals surface area contributed by atoms with Crippen molar-refractivity contribution in [3.8, 4) is 0 Å². The Kier molecular flexibility index (Phi) is 4.83. The molecule has 0 aliphatic rings. The Balaban J connectivity index is 1.59. The number of fused-ring (bicyclic) bond motifs is 1. The van der Waals surface area contributed by atoms with Crippen molar-refractivity contribution in [3.63, 3.8) is 0 Å². The summed E-state index contributed by atoms with van der Waals surface area (Å²) in [7, 11) is 0. The highest BCUT2D eigenvalue weighted by Gasteiger charge is 2.10. The van der Waals surface area contributed by atoms with E-state index in [-0.39, 0.29) is 5.91 Å². The summed E-state index contributed by atoms with van der Waals surface area (Å²) in [6.45, 7) is 2.15. The van der Waals surface area contributed by atoms with Crippen LogP contribution in [-0.4, -0.2) is 12.1 Å². The van der Waals surface area contributed by atoms with E-state index in [0.29, 0.717) is 11.5 Å². The molecule has 3 aromatic rings. The zero-order valence-corrected chi connectivity index (χ0v) is 13.7. The molecule has 1 N–H and O–H groups in total. The zero-order chi connectivity index (χ0) is 16.1. The molecule has 3 rings (SSSR count). The van der Waals surface area contributed by atoms with Gasteiger partial charge in [-0.1, -0.05) is 55.5 Å². The van der Waals surface area contributed by atoms with E-state index < -0.39 is 0 Å². The number of thiophene rings is 1. The number of carbonyl (C=O) groups excluding carboxylic acids is 1. The minimum Gasteiger partial charge on any atom is -0.267 e. The fraction of sp³-hybridized carbons (Fsp3) is 0.158. The van der Waals surface area contributed by atoms with Crippen LogP contribution in [0.3, 0.4) is 0 Å². The highest BCUT2D eigenvalue weighted by molar-refractivity contribution is 7.17. The average Bonchev–Trinajstić information content (AvgIpc) is 3.03. The van der Waals surface area contributed by atoms with Gasteiger partial charge in [0.25, 0.3) is 5.91 Å². The van der Waals surface area contributed by atoms with Crippen LogP contribution < -0.4 is 5.43 Å².